The average Bonchev–Trinajstić information content (AvgIpc) is 3.14. The smallest absolute Gasteiger partial charge is 0.186 e. The van der Waals surface area contributed by atoms with Crippen molar-refractivity contribution in [2.75, 3.05) is 36.5 Å². The van der Waals surface area contributed by atoms with E-state index >= 15 is 0 Å². The Morgan fingerprint density at radius 1 is 1.16 bits per heavy atom. The van der Waals surface area contributed by atoms with Gasteiger partial charge >= 0.3 is 0 Å². The summed E-state index contributed by atoms with van der Waals surface area (Å²) in [7, 11) is 0. The Hall–Kier alpha value is -2.51. The molecule has 4 N–H and O–H groups in total. The molecule has 3 aromatic rings. The summed E-state index contributed by atoms with van der Waals surface area (Å²) in [4.78, 5) is 11.8. The highest BCUT2D eigenvalue weighted by molar-refractivity contribution is 7.22. The Morgan fingerprint density at radius 2 is 1.91 bits per heavy atom. The lowest BCUT2D eigenvalue weighted by Crippen LogP contribution is -2.57. The molecular weight excluding hydrogens is 447 g/mol. The lowest BCUT2D eigenvalue weighted by molar-refractivity contribution is 0.0146. The first-order valence-corrected chi connectivity index (χ1v) is 10.7. The van der Waals surface area contributed by atoms with Crippen molar-refractivity contribution in [3.05, 3.63) is 47.4 Å². The maximum atomic E-state index is 14.6. The molecule has 0 bridgehead atoms. The molecule has 1 unspecified atom stereocenters. The van der Waals surface area contributed by atoms with Gasteiger partial charge in [-0.1, -0.05) is 11.3 Å². The van der Waals surface area contributed by atoms with Crippen LogP contribution >= 0.6 is 11.3 Å². The minimum atomic E-state index is -1.20. The molecule has 1 aromatic carbocycles. The Kier molecular flexibility index (Phi) is 6.49. The largest absolute Gasteiger partial charge is 0.393 e. The van der Waals surface area contributed by atoms with Gasteiger partial charge in [-0.05, 0) is 19.1 Å². The van der Waals surface area contributed by atoms with Crippen LogP contribution < -0.4 is 10.2 Å². The number of nitrogens with zero attached hydrogens (tertiary/aromatic N) is 4. The van der Waals surface area contributed by atoms with Crippen LogP contribution in [0.2, 0.25) is 0 Å². The fourth-order valence-corrected chi connectivity index (χ4v) is 4.54. The molecule has 0 spiro atoms. The highest BCUT2D eigenvalue weighted by Crippen LogP contribution is 2.29. The van der Waals surface area contributed by atoms with Gasteiger partial charge < -0.3 is 25.5 Å². The van der Waals surface area contributed by atoms with E-state index < -0.39 is 36.5 Å². The summed E-state index contributed by atoms with van der Waals surface area (Å²) in [5, 5.41) is 32.4. The quantitative estimate of drug-likeness (QED) is 0.407. The van der Waals surface area contributed by atoms with Crippen LogP contribution in [0, 0.1) is 17.5 Å². The minimum Gasteiger partial charge on any atom is -0.393 e. The maximum Gasteiger partial charge on any atom is 0.186 e. The van der Waals surface area contributed by atoms with Crippen LogP contribution in [0.3, 0.4) is 0 Å². The predicted octanol–water partition coefficient (Wildman–Crippen LogP) is 2.03. The second-order valence-corrected chi connectivity index (χ2v) is 8.61. The summed E-state index contributed by atoms with van der Waals surface area (Å²) < 4.78 is 41.8. The normalized spacial score (nSPS) is 19.3. The van der Waals surface area contributed by atoms with E-state index in [-0.39, 0.29) is 22.9 Å². The molecule has 32 heavy (non-hydrogen) atoms. The van der Waals surface area contributed by atoms with E-state index in [9.17, 15) is 23.4 Å². The van der Waals surface area contributed by atoms with Gasteiger partial charge in [-0.15, -0.1) is 0 Å². The van der Waals surface area contributed by atoms with Crippen molar-refractivity contribution in [2.45, 2.75) is 25.4 Å². The van der Waals surface area contributed by atoms with Crippen LogP contribution in [0.5, 0.6) is 0 Å². The summed E-state index contributed by atoms with van der Waals surface area (Å²) in [6, 6.07) is 3.02. The van der Waals surface area contributed by atoms with E-state index in [0.717, 1.165) is 29.5 Å². The SMILES string of the molecule is C[C@@H]1CN(C(O)Nc2nc3cc(F)c(F)cc3s2)CCN1c1ncc([C@H](O)CO)cc1F. The molecule has 3 atom stereocenters. The molecule has 12 heteroatoms. The highest BCUT2D eigenvalue weighted by atomic mass is 32.1. The van der Waals surface area contributed by atoms with E-state index in [0.29, 0.717) is 29.5 Å². The number of rotatable bonds is 6. The van der Waals surface area contributed by atoms with Gasteiger partial charge in [-0.2, -0.15) is 0 Å². The summed E-state index contributed by atoms with van der Waals surface area (Å²) in [6.45, 7) is 2.47. The molecule has 2 aromatic heterocycles. The molecular formula is C20H22F3N5O3S. The van der Waals surface area contributed by atoms with Gasteiger partial charge in [-0.3, -0.25) is 4.90 Å². The summed E-state index contributed by atoms with van der Waals surface area (Å²) >= 11 is 1.09. The van der Waals surface area contributed by atoms with Crippen molar-refractivity contribution in [1.82, 2.24) is 14.9 Å². The standard InChI is InChI=1S/C20H22F3N5O3S/c1-10-8-27(2-3-28(10)18-14(23)4-11(7-24-18)16(30)9-29)20(31)26-19-25-15-5-12(21)13(22)6-17(15)32-19/h4-7,10,16,20,29-31H,2-3,8-9H2,1H3,(H,25,26)/t10-,16-,20?/m1/s1. The number of thiazole rings is 1. The van der Waals surface area contributed by atoms with Crippen molar-refractivity contribution in [3.8, 4) is 0 Å². The van der Waals surface area contributed by atoms with Gasteiger partial charge in [0.2, 0.25) is 0 Å². The number of aliphatic hydroxyl groups excluding tert-OH is 3. The molecule has 1 aliphatic heterocycles. The Balaban J connectivity index is 1.42. The van der Waals surface area contributed by atoms with Crippen LogP contribution in [-0.4, -0.2) is 68.8 Å². The molecule has 0 amide bonds. The lowest BCUT2D eigenvalue weighted by Gasteiger charge is -2.42. The third-order valence-corrected chi connectivity index (χ3v) is 6.31. The summed E-state index contributed by atoms with van der Waals surface area (Å²) in [6.07, 6.45) is -0.972. The summed E-state index contributed by atoms with van der Waals surface area (Å²) in [5.41, 5.74) is 0.480. The minimum absolute atomic E-state index is 0.128. The monoisotopic (exact) mass is 469 g/mol. The molecule has 1 saturated heterocycles. The fraction of sp³-hybridized carbons (Fsp3) is 0.400. The van der Waals surface area contributed by atoms with Crippen LogP contribution in [0.1, 0.15) is 18.6 Å². The number of benzene rings is 1. The first kappa shape index (κ1) is 22.7. The molecule has 3 heterocycles. The van der Waals surface area contributed by atoms with Crippen LogP contribution in [0.15, 0.2) is 24.4 Å². The Labute approximate surface area is 185 Å². The zero-order valence-electron chi connectivity index (χ0n) is 17.0. The first-order valence-electron chi connectivity index (χ1n) is 9.92. The van der Waals surface area contributed by atoms with Crippen LogP contribution in [-0.2, 0) is 0 Å². The van der Waals surface area contributed by atoms with E-state index in [4.69, 9.17) is 5.11 Å². The molecule has 0 saturated carbocycles. The number of hydrogen-bond acceptors (Lipinski definition) is 9. The van der Waals surface area contributed by atoms with Gasteiger partial charge in [0.25, 0.3) is 0 Å². The molecule has 1 aliphatic rings. The van der Waals surface area contributed by atoms with Gasteiger partial charge in [0.1, 0.15) is 6.10 Å². The van der Waals surface area contributed by atoms with E-state index in [2.05, 4.69) is 15.3 Å². The number of halogens is 3. The van der Waals surface area contributed by atoms with Crippen molar-refractivity contribution in [3.63, 3.8) is 0 Å². The van der Waals surface area contributed by atoms with Crippen LogP contribution in [0.25, 0.3) is 10.2 Å². The zero-order chi connectivity index (χ0) is 23.0. The van der Waals surface area contributed by atoms with E-state index in [1.54, 1.807) is 9.80 Å². The molecule has 8 nitrogen and oxygen atoms in total. The van der Waals surface area contributed by atoms with Gasteiger partial charge in [0.15, 0.2) is 34.8 Å². The van der Waals surface area contributed by atoms with Crippen molar-refractivity contribution < 1.29 is 28.5 Å². The van der Waals surface area contributed by atoms with Gasteiger partial charge in [-0.25, -0.2) is 23.1 Å². The number of nitrogens with one attached hydrogen (secondary N) is 1. The average molecular weight is 469 g/mol. The number of pyridine rings is 1. The van der Waals surface area contributed by atoms with Gasteiger partial charge in [0.05, 0.1) is 16.8 Å². The van der Waals surface area contributed by atoms with Crippen LogP contribution in [0.4, 0.5) is 24.1 Å². The third kappa shape index (κ3) is 4.50. The number of hydrogen-bond donors (Lipinski definition) is 4. The number of anilines is 2. The predicted molar refractivity (Wildman–Crippen MR) is 114 cm³/mol. The lowest BCUT2D eigenvalue weighted by atomic mass is 10.1. The Bertz CT molecular complexity index is 1080. The molecule has 0 aliphatic carbocycles. The van der Waals surface area contributed by atoms with Crippen molar-refractivity contribution >= 4 is 32.5 Å². The number of fused-ring (bicyclic) bond motifs is 1. The maximum absolute atomic E-state index is 14.6. The van der Waals surface area contributed by atoms with Gasteiger partial charge in [0, 0.05) is 43.5 Å². The summed E-state index contributed by atoms with van der Waals surface area (Å²) in [5.74, 6) is -2.43. The first-order chi connectivity index (χ1) is 15.3. The highest BCUT2D eigenvalue weighted by Gasteiger charge is 2.30. The number of piperazine rings is 1. The molecule has 1 fully saturated rings. The van der Waals surface area contributed by atoms with Crippen molar-refractivity contribution in [1.29, 1.82) is 0 Å². The number of aromatic nitrogens is 2. The zero-order valence-corrected chi connectivity index (χ0v) is 17.9. The Morgan fingerprint density at radius 3 is 2.59 bits per heavy atom. The second kappa shape index (κ2) is 9.16. The molecule has 0 radical (unpaired) electrons. The topological polar surface area (TPSA) is 105 Å². The third-order valence-electron chi connectivity index (χ3n) is 5.36. The van der Waals surface area contributed by atoms with Crippen molar-refractivity contribution in [2.24, 2.45) is 0 Å². The fourth-order valence-electron chi connectivity index (χ4n) is 3.65. The second-order valence-electron chi connectivity index (χ2n) is 7.58. The van der Waals surface area contributed by atoms with E-state index in [1.807, 2.05) is 6.92 Å². The number of aliphatic hydroxyl groups is 3. The molecule has 4 rings (SSSR count). The molecule has 172 valence electrons. The van der Waals surface area contributed by atoms with E-state index in [1.165, 1.54) is 6.20 Å².